The lowest BCUT2D eigenvalue weighted by atomic mass is 10.0. The number of hydrogen-bond acceptors (Lipinski definition) is 6. The molecule has 46 heavy (non-hydrogen) atoms. The molecule has 0 aliphatic heterocycles. The molecule has 1 atom stereocenters. The molecule has 0 aliphatic rings. The summed E-state index contributed by atoms with van der Waals surface area (Å²) in [7, 11) is 0. The van der Waals surface area contributed by atoms with Gasteiger partial charge in [0.05, 0.1) is 17.7 Å². The first-order valence-electron chi connectivity index (χ1n) is 15.8. The van der Waals surface area contributed by atoms with Crippen LogP contribution < -0.4 is 9.47 Å². The fourth-order valence-electron chi connectivity index (χ4n) is 4.67. The SMILES string of the molecule is C=CCOc1ccc(-c2ccc(C(=O)Oc3ccc(C(=O)OCCC(OCCCCCCCCCC)C(F)(F)F)cc3)cc2)cc1. The maximum atomic E-state index is 13.4. The normalized spacial score (nSPS) is 11.9. The fraction of sp³-hybridized carbons (Fsp3) is 0.405. The number of esters is 2. The topological polar surface area (TPSA) is 71.1 Å². The predicted molar refractivity (Wildman–Crippen MR) is 172 cm³/mol. The minimum Gasteiger partial charge on any atom is -0.490 e. The number of rotatable bonds is 20. The van der Waals surface area contributed by atoms with E-state index in [4.69, 9.17) is 18.9 Å². The van der Waals surface area contributed by atoms with Crippen LogP contribution in [0, 0.1) is 0 Å². The number of ether oxygens (including phenoxy) is 4. The van der Waals surface area contributed by atoms with Crippen molar-refractivity contribution in [1.29, 1.82) is 0 Å². The molecule has 0 bridgehead atoms. The van der Waals surface area contributed by atoms with Gasteiger partial charge in [-0.2, -0.15) is 13.2 Å². The molecule has 0 fully saturated rings. The molecule has 0 radical (unpaired) electrons. The van der Waals surface area contributed by atoms with Gasteiger partial charge < -0.3 is 18.9 Å². The molecule has 1 unspecified atom stereocenters. The number of alkyl halides is 3. The van der Waals surface area contributed by atoms with Crippen molar-refractivity contribution in [2.75, 3.05) is 19.8 Å². The average molecular weight is 641 g/mol. The monoisotopic (exact) mass is 640 g/mol. The quantitative estimate of drug-likeness (QED) is 0.0530. The summed E-state index contributed by atoms with van der Waals surface area (Å²) in [5.74, 6) is -0.433. The maximum absolute atomic E-state index is 13.4. The van der Waals surface area contributed by atoms with Crippen molar-refractivity contribution >= 4 is 11.9 Å². The van der Waals surface area contributed by atoms with E-state index in [1.54, 1.807) is 30.3 Å². The highest BCUT2D eigenvalue weighted by Gasteiger charge is 2.40. The van der Waals surface area contributed by atoms with Gasteiger partial charge in [0.25, 0.3) is 0 Å². The van der Waals surface area contributed by atoms with E-state index in [1.807, 2.05) is 24.3 Å². The highest BCUT2D eigenvalue weighted by molar-refractivity contribution is 5.92. The van der Waals surface area contributed by atoms with Crippen LogP contribution in [0.4, 0.5) is 13.2 Å². The fourth-order valence-corrected chi connectivity index (χ4v) is 4.67. The zero-order valence-electron chi connectivity index (χ0n) is 26.4. The van der Waals surface area contributed by atoms with Crippen molar-refractivity contribution in [3.63, 3.8) is 0 Å². The summed E-state index contributed by atoms with van der Waals surface area (Å²) in [6, 6.07) is 20.1. The third kappa shape index (κ3) is 12.7. The summed E-state index contributed by atoms with van der Waals surface area (Å²) in [5, 5.41) is 0. The van der Waals surface area contributed by atoms with Crippen LogP contribution in [-0.2, 0) is 9.47 Å². The minimum atomic E-state index is -4.55. The third-order valence-corrected chi connectivity index (χ3v) is 7.27. The van der Waals surface area contributed by atoms with E-state index in [0.29, 0.717) is 18.6 Å². The molecule has 6 nitrogen and oxygen atoms in total. The molecule has 0 aromatic heterocycles. The molecule has 0 amide bonds. The van der Waals surface area contributed by atoms with Gasteiger partial charge in [0.2, 0.25) is 0 Å². The standard InChI is InChI=1S/C37H43F3O6/c1-3-5-6-7-8-9-10-11-26-44-34(37(38,39)40)24-27-45-35(41)30-18-22-33(23-19-30)46-36(42)31-14-12-28(13-15-31)29-16-20-32(21-17-29)43-25-4-2/h4,12-23,34H,2-3,5-11,24-27H2,1H3. The van der Waals surface area contributed by atoms with Gasteiger partial charge in [-0.05, 0) is 66.1 Å². The summed E-state index contributed by atoms with van der Waals surface area (Å²) in [6.45, 7) is 5.77. The second-order valence-electron chi connectivity index (χ2n) is 10.9. The summed E-state index contributed by atoms with van der Waals surface area (Å²) >= 11 is 0. The van der Waals surface area contributed by atoms with Gasteiger partial charge in [0, 0.05) is 13.0 Å². The molecule has 0 saturated carbocycles. The molecular formula is C37H43F3O6. The van der Waals surface area contributed by atoms with Crippen LogP contribution in [0.1, 0.15) is 85.4 Å². The average Bonchev–Trinajstić information content (AvgIpc) is 3.05. The largest absolute Gasteiger partial charge is 0.490 e. The Hall–Kier alpha value is -4.11. The zero-order chi connectivity index (χ0) is 33.2. The van der Waals surface area contributed by atoms with Crippen LogP contribution in [0.25, 0.3) is 11.1 Å². The Labute approximate surface area is 269 Å². The second-order valence-corrected chi connectivity index (χ2v) is 10.9. The third-order valence-electron chi connectivity index (χ3n) is 7.27. The number of benzene rings is 3. The van der Waals surface area contributed by atoms with Gasteiger partial charge >= 0.3 is 18.1 Å². The lowest BCUT2D eigenvalue weighted by Gasteiger charge is -2.20. The molecule has 0 saturated heterocycles. The Balaban J connectivity index is 1.41. The van der Waals surface area contributed by atoms with E-state index >= 15 is 0 Å². The van der Waals surface area contributed by atoms with E-state index in [-0.39, 0.29) is 17.9 Å². The van der Waals surface area contributed by atoms with Crippen LogP contribution in [0.5, 0.6) is 11.5 Å². The number of halogens is 3. The Bertz CT molecular complexity index is 1340. The Morgan fingerprint density at radius 3 is 1.83 bits per heavy atom. The predicted octanol–water partition coefficient (Wildman–Crippen LogP) is 9.77. The molecule has 248 valence electrons. The lowest BCUT2D eigenvalue weighted by Crippen LogP contribution is -2.33. The summed E-state index contributed by atoms with van der Waals surface area (Å²) < 4.78 is 61.3. The molecule has 9 heteroatoms. The first-order chi connectivity index (χ1) is 22.2. The van der Waals surface area contributed by atoms with Crippen LogP contribution in [0.15, 0.2) is 85.5 Å². The van der Waals surface area contributed by atoms with Crippen LogP contribution in [0.2, 0.25) is 0 Å². The highest BCUT2D eigenvalue weighted by atomic mass is 19.4. The van der Waals surface area contributed by atoms with E-state index in [0.717, 1.165) is 42.6 Å². The maximum Gasteiger partial charge on any atom is 0.414 e. The first kappa shape index (κ1) is 36.4. The van der Waals surface area contributed by atoms with Crippen molar-refractivity contribution in [3.05, 3.63) is 96.6 Å². The molecule has 3 aromatic rings. The van der Waals surface area contributed by atoms with E-state index in [2.05, 4.69) is 13.5 Å². The number of carbonyl (C=O) groups is 2. The molecule has 3 aromatic carbocycles. The number of unbranched alkanes of at least 4 members (excludes halogenated alkanes) is 7. The zero-order valence-corrected chi connectivity index (χ0v) is 26.4. The second kappa shape index (κ2) is 19.4. The highest BCUT2D eigenvalue weighted by Crippen LogP contribution is 2.27. The van der Waals surface area contributed by atoms with Gasteiger partial charge in [-0.15, -0.1) is 0 Å². The molecule has 0 spiro atoms. The van der Waals surface area contributed by atoms with E-state index < -0.39 is 37.2 Å². The van der Waals surface area contributed by atoms with Crippen molar-refractivity contribution in [2.24, 2.45) is 0 Å². The van der Waals surface area contributed by atoms with Gasteiger partial charge in [0.1, 0.15) is 18.1 Å². The van der Waals surface area contributed by atoms with Crippen LogP contribution in [0.3, 0.4) is 0 Å². The Morgan fingerprint density at radius 1 is 0.717 bits per heavy atom. The van der Waals surface area contributed by atoms with Gasteiger partial charge in [-0.25, -0.2) is 9.59 Å². The summed E-state index contributed by atoms with van der Waals surface area (Å²) in [5.41, 5.74) is 2.32. The van der Waals surface area contributed by atoms with E-state index in [1.165, 1.54) is 43.5 Å². The van der Waals surface area contributed by atoms with Gasteiger partial charge in [-0.3, -0.25) is 0 Å². The molecule has 0 heterocycles. The van der Waals surface area contributed by atoms with Gasteiger partial charge in [0.15, 0.2) is 6.10 Å². The molecular weight excluding hydrogens is 597 g/mol. The summed E-state index contributed by atoms with van der Waals surface area (Å²) in [6.07, 6.45) is 2.81. The van der Waals surface area contributed by atoms with Crippen molar-refractivity contribution in [2.45, 2.75) is 77.0 Å². The molecule has 0 N–H and O–H groups in total. The molecule has 0 aliphatic carbocycles. The van der Waals surface area contributed by atoms with Crippen LogP contribution in [-0.4, -0.2) is 44.0 Å². The van der Waals surface area contributed by atoms with E-state index in [9.17, 15) is 22.8 Å². The summed E-state index contributed by atoms with van der Waals surface area (Å²) in [4.78, 5) is 25.1. The van der Waals surface area contributed by atoms with Crippen molar-refractivity contribution < 1.29 is 41.7 Å². The Kier molecular flexibility index (Phi) is 15.3. The smallest absolute Gasteiger partial charge is 0.414 e. The Morgan fingerprint density at radius 2 is 1.24 bits per heavy atom. The van der Waals surface area contributed by atoms with Gasteiger partial charge in [-0.1, -0.05) is 88.8 Å². The lowest BCUT2D eigenvalue weighted by molar-refractivity contribution is -0.224. The number of carbonyl (C=O) groups excluding carboxylic acids is 2. The van der Waals surface area contributed by atoms with Crippen molar-refractivity contribution in [3.8, 4) is 22.6 Å². The number of hydrogen-bond donors (Lipinski definition) is 0. The van der Waals surface area contributed by atoms with Crippen molar-refractivity contribution in [1.82, 2.24) is 0 Å². The minimum absolute atomic E-state index is 0.0116. The molecule has 3 rings (SSSR count). The first-order valence-corrected chi connectivity index (χ1v) is 15.8. The van der Waals surface area contributed by atoms with Crippen LogP contribution >= 0.6 is 0 Å².